The molecule has 138 valence electrons. The number of benzene rings is 1. The topological polar surface area (TPSA) is 75.4 Å². The van der Waals surface area contributed by atoms with Crippen molar-refractivity contribution in [3.8, 4) is 0 Å². The van der Waals surface area contributed by atoms with Crippen molar-refractivity contribution >= 4 is 11.8 Å². The zero-order chi connectivity index (χ0) is 18.6. The summed E-state index contributed by atoms with van der Waals surface area (Å²) in [6.07, 6.45) is -2.52. The van der Waals surface area contributed by atoms with Crippen LogP contribution in [0.25, 0.3) is 0 Å². The first kappa shape index (κ1) is 19.2. The maximum absolute atomic E-state index is 13.1. The predicted molar refractivity (Wildman–Crippen MR) is 81.7 cm³/mol. The minimum Gasteiger partial charge on any atom is -0.368 e. The number of hydrogen-bond donors (Lipinski definition) is 2. The third-order valence-electron chi connectivity index (χ3n) is 4.14. The lowest BCUT2D eigenvalue weighted by molar-refractivity contribution is -0.139. The third kappa shape index (κ3) is 5.15. The number of primary amides is 1. The predicted octanol–water partition coefficient (Wildman–Crippen LogP) is 1.80. The van der Waals surface area contributed by atoms with Crippen molar-refractivity contribution in [3.63, 3.8) is 0 Å². The summed E-state index contributed by atoms with van der Waals surface area (Å²) in [6.45, 7) is 0.00453. The molecular weight excluding hydrogens is 342 g/mol. The lowest BCUT2D eigenvalue weighted by Gasteiger charge is -2.32. The van der Waals surface area contributed by atoms with Crippen molar-refractivity contribution in [1.29, 1.82) is 0 Å². The molecule has 5 nitrogen and oxygen atoms in total. The fourth-order valence-electron chi connectivity index (χ4n) is 2.90. The van der Waals surface area contributed by atoms with Gasteiger partial charge in [0.15, 0.2) is 0 Å². The van der Waals surface area contributed by atoms with E-state index in [1.807, 2.05) is 0 Å². The molecule has 0 aliphatic carbocycles. The van der Waals surface area contributed by atoms with Gasteiger partial charge in [-0.3, -0.25) is 14.5 Å². The van der Waals surface area contributed by atoms with Gasteiger partial charge < -0.3 is 11.1 Å². The van der Waals surface area contributed by atoms with Gasteiger partial charge in [-0.1, -0.05) is 12.5 Å². The molecular formula is C16H19F4N3O2. The average Bonchev–Trinajstić information content (AvgIpc) is 2.53. The number of nitrogens with zero attached hydrogens (tertiary/aromatic N) is 1. The highest BCUT2D eigenvalue weighted by molar-refractivity contribution is 5.82. The van der Waals surface area contributed by atoms with Crippen molar-refractivity contribution in [2.75, 3.05) is 13.1 Å². The summed E-state index contributed by atoms with van der Waals surface area (Å²) in [6, 6.07) is 1.75. The van der Waals surface area contributed by atoms with Crippen molar-refractivity contribution in [2.24, 2.45) is 5.73 Å². The van der Waals surface area contributed by atoms with Gasteiger partial charge in [0.2, 0.25) is 11.8 Å². The number of likely N-dealkylation sites (tertiary alicyclic amines) is 1. The third-order valence-corrected chi connectivity index (χ3v) is 4.14. The summed E-state index contributed by atoms with van der Waals surface area (Å²) in [5.41, 5.74) is 3.95. The van der Waals surface area contributed by atoms with Gasteiger partial charge in [0.05, 0.1) is 18.2 Å². The van der Waals surface area contributed by atoms with Gasteiger partial charge >= 0.3 is 6.18 Å². The molecule has 0 bridgehead atoms. The van der Waals surface area contributed by atoms with E-state index >= 15 is 0 Å². The van der Waals surface area contributed by atoms with Crippen LogP contribution in [0.1, 0.15) is 30.4 Å². The molecule has 3 N–H and O–H groups in total. The minimum absolute atomic E-state index is 0.129. The zero-order valence-corrected chi connectivity index (χ0v) is 13.4. The Balaban J connectivity index is 1.99. The van der Waals surface area contributed by atoms with Crippen molar-refractivity contribution in [3.05, 3.63) is 35.1 Å². The standard InChI is InChI=1S/C16H19F4N3O2/c17-11-5-4-10(12(7-11)16(18,19)20)8-22-14(24)9-23-6-2-1-3-13(23)15(21)25/h4-5,7,13H,1-3,6,8-9H2,(H2,21,25)(H,22,24). The number of carbonyl (C=O) groups excluding carboxylic acids is 2. The summed E-state index contributed by atoms with van der Waals surface area (Å²) in [7, 11) is 0. The van der Waals surface area contributed by atoms with E-state index in [-0.39, 0.29) is 18.7 Å². The molecule has 2 amide bonds. The molecule has 1 aromatic carbocycles. The van der Waals surface area contributed by atoms with E-state index < -0.39 is 35.4 Å². The number of alkyl halides is 3. The van der Waals surface area contributed by atoms with E-state index in [9.17, 15) is 27.2 Å². The van der Waals surface area contributed by atoms with Crippen LogP contribution in [0, 0.1) is 5.82 Å². The number of nitrogens with two attached hydrogens (primary N) is 1. The Kier molecular flexibility index (Phi) is 5.99. The molecule has 1 aliphatic rings. The monoisotopic (exact) mass is 361 g/mol. The van der Waals surface area contributed by atoms with Crippen LogP contribution in [0.5, 0.6) is 0 Å². The highest BCUT2D eigenvalue weighted by Crippen LogP contribution is 2.32. The molecule has 1 unspecified atom stereocenters. The van der Waals surface area contributed by atoms with Gasteiger partial charge in [0.1, 0.15) is 5.82 Å². The largest absolute Gasteiger partial charge is 0.416 e. The van der Waals surface area contributed by atoms with Crippen molar-refractivity contribution in [2.45, 2.75) is 38.0 Å². The van der Waals surface area contributed by atoms with Gasteiger partial charge in [-0.2, -0.15) is 13.2 Å². The molecule has 25 heavy (non-hydrogen) atoms. The Hall–Kier alpha value is -2.16. The van der Waals surface area contributed by atoms with Gasteiger partial charge in [0, 0.05) is 6.54 Å². The molecule has 0 saturated carbocycles. The van der Waals surface area contributed by atoms with Gasteiger partial charge in [-0.25, -0.2) is 4.39 Å². The fourth-order valence-corrected chi connectivity index (χ4v) is 2.90. The van der Waals surface area contributed by atoms with E-state index in [1.165, 1.54) is 0 Å². The summed E-state index contributed by atoms with van der Waals surface area (Å²) in [5.74, 6) is -2.05. The molecule has 2 rings (SSSR count). The van der Waals surface area contributed by atoms with E-state index in [0.717, 1.165) is 25.0 Å². The highest BCUT2D eigenvalue weighted by Gasteiger charge is 2.34. The second-order valence-electron chi connectivity index (χ2n) is 5.96. The van der Waals surface area contributed by atoms with Crippen LogP contribution in [-0.2, 0) is 22.3 Å². The SMILES string of the molecule is NC(=O)C1CCCCN1CC(=O)NCc1ccc(F)cc1C(F)(F)F. The van der Waals surface area contributed by atoms with Crippen LogP contribution < -0.4 is 11.1 Å². The summed E-state index contributed by atoms with van der Waals surface area (Å²) >= 11 is 0. The maximum atomic E-state index is 13.1. The van der Waals surface area contributed by atoms with E-state index in [2.05, 4.69) is 5.32 Å². The van der Waals surface area contributed by atoms with Crippen LogP contribution >= 0.6 is 0 Å². The molecule has 0 spiro atoms. The first-order valence-electron chi connectivity index (χ1n) is 7.84. The molecule has 1 saturated heterocycles. The number of halogens is 4. The Morgan fingerprint density at radius 1 is 1.28 bits per heavy atom. The Bertz CT molecular complexity index is 649. The number of amides is 2. The Morgan fingerprint density at radius 2 is 2.00 bits per heavy atom. The van der Waals surface area contributed by atoms with E-state index in [1.54, 1.807) is 4.90 Å². The molecule has 0 aromatic heterocycles. The van der Waals surface area contributed by atoms with Crippen LogP contribution in [0.15, 0.2) is 18.2 Å². The van der Waals surface area contributed by atoms with E-state index in [4.69, 9.17) is 5.73 Å². The second kappa shape index (κ2) is 7.81. The quantitative estimate of drug-likeness (QED) is 0.786. The molecule has 1 atom stereocenters. The summed E-state index contributed by atoms with van der Waals surface area (Å²) < 4.78 is 51.8. The number of rotatable bonds is 5. The van der Waals surface area contributed by atoms with Crippen LogP contribution in [0.4, 0.5) is 17.6 Å². The number of nitrogens with one attached hydrogen (secondary N) is 1. The molecule has 1 aliphatic heterocycles. The van der Waals surface area contributed by atoms with E-state index in [0.29, 0.717) is 19.0 Å². The van der Waals surface area contributed by atoms with Gasteiger partial charge in [-0.05, 0) is 37.1 Å². The number of piperidine rings is 1. The number of carbonyl (C=O) groups is 2. The van der Waals surface area contributed by atoms with Crippen LogP contribution in [0.2, 0.25) is 0 Å². The molecule has 0 radical (unpaired) electrons. The van der Waals surface area contributed by atoms with Gasteiger partial charge in [0.25, 0.3) is 0 Å². The molecule has 9 heteroatoms. The highest BCUT2D eigenvalue weighted by atomic mass is 19.4. The summed E-state index contributed by atoms with van der Waals surface area (Å²) in [4.78, 5) is 25.0. The van der Waals surface area contributed by atoms with Crippen molar-refractivity contribution in [1.82, 2.24) is 10.2 Å². The van der Waals surface area contributed by atoms with Crippen LogP contribution in [0.3, 0.4) is 0 Å². The van der Waals surface area contributed by atoms with Crippen molar-refractivity contribution < 1.29 is 27.2 Å². The Morgan fingerprint density at radius 3 is 2.64 bits per heavy atom. The minimum atomic E-state index is -4.72. The zero-order valence-electron chi connectivity index (χ0n) is 13.4. The first-order valence-corrected chi connectivity index (χ1v) is 7.84. The normalized spacial score (nSPS) is 18.8. The Labute approximate surface area is 142 Å². The lowest BCUT2D eigenvalue weighted by atomic mass is 10.0. The maximum Gasteiger partial charge on any atom is 0.416 e. The first-order chi connectivity index (χ1) is 11.7. The summed E-state index contributed by atoms with van der Waals surface area (Å²) in [5, 5.41) is 2.38. The second-order valence-corrected chi connectivity index (χ2v) is 5.96. The average molecular weight is 361 g/mol. The molecule has 1 aromatic rings. The lowest BCUT2D eigenvalue weighted by Crippen LogP contribution is -2.51. The molecule has 1 fully saturated rings. The number of hydrogen-bond acceptors (Lipinski definition) is 3. The molecule has 1 heterocycles. The smallest absolute Gasteiger partial charge is 0.368 e. The van der Waals surface area contributed by atoms with Gasteiger partial charge in [-0.15, -0.1) is 0 Å². The fraction of sp³-hybridized carbons (Fsp3) is 0.500. The van der Waals surface area contributed by atoms with Crippen LogP contribution in [-0.4, -0.2) is 35.8 Å².